The highest BCUT2D eigenvalue weighted by Crippen LogP contribution is 2.26. The lowest BCUT2D eigenvalue weighted by Gasteiger charge is -2.26. The van der Waals surface area contributed by atoms with Gasteiger partial charge in [-0.2, -0.15) is 0 Å². The molecule has 24 heavy (non-hydrogen) atoms. The molecule has 1 aliphatic heterocycles. The summed E-state index contributed by atoms with van der Waals surface area (Å²) in [6.07, 6.45) is 2.77. The molecule has 1 heterocycles. The molecule has 1 aliphatic rings. The molecular formula is C17H28O7. The van der Waals surface area contributed by atoms with E-state index in [2.05, 4.69) is 0 Å². The maximum atomic E-state index is 12.5. The second-order valence-corrected chi connectivity index (χ2v) is 6.27. The molecule has 7 nitrogen and oxygen atoms in total. The Morgan fingerprint density at radius 3 is 2.38 bits per heavy atom. The number of carbonyl (C=O) groups is 3. The second-order valence-electron chi connectivity index (χ2n) is 6.27. The number of carboxylic acids is 1. The Morgan fingerprint density at radius 2 is 1.88 bits per heavy atom. The normalized spacial score (nSPS) is 21.4. The summed E-state index contributed by atoms with van der Waals surface area (Å²) in [5, 5.41) is 9.11. The van der Waals surface area contributed by atoms with Gasteiger partial charge in [0.2, 0.25) is 6.29 Å². The van der Waals surface area contributed by atoms with Gasteiger partial charge >= 0.3 is 17.9 Å². The number of carbonyl (C=O) groups excluding carboxylic acids is 2. The van der Waals surface area contributed by atoms with E-state index in [0.29, 0.717) is 19.4 Å². The number of methoxy groups -OCH3 is 1. The van der Waals surface area contributed by atoms with Crippen molar-refractivity contribution in [2.45, 2.75) is 58.7 Å². The number of hydrogen-bond acceptors (Lipinski definition) is 6. The van der Waals surface area contributed by atoms with Crippen molar-refractivity contribution in [1.82, 2.24) is 0 Å². The van der Waals surface area contributed by atoms with Gasteiger partial charge in [0.05, 0.1) is 31.5 Å². The van der Waals surface area contributed by atoms with E-state index < -0.39 is 42.0 Å². The SMILES string of the molecule is CCC(CC(CC(C)C(=O)O)C(=O)OC1CCCCO1)C(=O)OC. The smallest absolute Gasteiger partial charge is 0.311 e. The van der Waals surface area contributed by atoms with Crippen LogP contribution in [0.2, 0.25) is 0 Å². The second kappa shape index (κ2) is 10.3. The third-order valence-electron chi connectivity index (χ3n) is 4.37. The molecular weight excluding hydrogens is 316 g/mol. The molecule has 4 atom stereocenters. The fourth-order valence-corrected chi connectivity index (χ4v) is 2.79. The Hall–Kier alpha value is -1.63. The van der Waals surface area contributed by atoms with Gasteiger partial charge in [0.1, 0.15) is 0 Å². The van der Waals surface area contributed by atoms with Crippen molar-refractivity contribution >= 4 is 17.9 Å². The van der Waals surface area contributed by atoms with Crippen molar-refractivity contribution in [3.63, 3.8) is 0 Å². The molecule has 4 unspecified atom stereocenters. The minimum Gasteiger partial charge on any atom is -0.481 e. The maximum Gasteiger partial charge on any atom is 0.311 e. The van der Waals surface area contributed by atoms with Gasteiger partial charge in [-0.15, -0.1) is 0 Å². The van der Waals surface area contributed by atoms with Crippen LogP contribution in [-0.4, -0.2) is 43.0 Å². The summed E-state index contributed by atoms with van der Waals surface area (Å²) in [6, 6.07) is 0. The van der Waals surface area contributed by atoms with Crippen molar-refractivity contribution in [3.8, 4) is 0 Å². The lowest BCUT2D eigenvalue weighted by atomic mass is 9.86. The van der Waals surface area contributed by atoms with Crippen molar-refractivity contribution in [2.75, 3.05) is 13.7 Å². The molecule has 138 valence electrons. The van der Waals surface area contributed by atoms with Crippen LogP contribution in [0.3, 0.4) is 0 Å². The highest BCUT2D eigenvalue weighted by atomic mass is 16.7. The third-order valence-corrected chi connectivity index (χ3v) is 4.37. The number of carboxylic acid groups (broad SMARTS) is 1. The van der Waals surface area contributed by atoms with Gasteiger partial charge < -0.3 is 19.3 Å². The largest absolute Gasteiger partial charge is 0.481 e. The minimum absolute atomic E-state index is 0.119. The zero-order valence-corrected chi connectivity index (χ0v) is 14.7. The molecule has 0 spiro atoms. The van der Waals surface area contributed by atoms with Gasteiger partial charge in [0.25, 0.3) is 0 Å². The molecule has 0 saturated carbocycles. The molecule has 7 heteroatoms. The average Bonchev–Trinajstić information content (AvgIpc) is 2.58. The quantitative estimate of drug-likeness (QED) is 0.641. The molecule has 0 aromatic rings. The van der Waals surface area contributed by atoms with Crippen molar-refractivity contribution in [3.05, 3.63) is 0 Å². The fraction of sp³-hybridized carbons (Fsp3) is 0.824. The lowest BCUT2D eigenvalue weighted by Crippen LogP contribution is -2.32. The summed E-state index contributed by atoms with van der Waals surface area (Å²) in [4.78, 5) is 35.4. The molecule has 0 amide bonds. The van der Waals surface area contributed by atoms with Gasteiger partial charge in [-0.3, -0.25) is 14.4 Å². The summed E-state index contributed by atoms with van der Waals surface area (Å²) in [5.74, 6) is -3.71. The first-order chi connectivity index (χ1) is 11.4. The van der Waals surface area contributed by atoms with Crippen molar-refractivity contribution < 1.29 is 33.7 Å². The molecule has 0 aliphatic carbocycles. The van der Waals surface area contributed by atoms with Crippen LogP contribution in [0.5, 0.6) is 0 Å². The molecule has 0 radical (unpaired) electrons. The fourth-order valence-electron chi connectivity index (χ4n) is 2.79. The zero-order chi connectivity index (χ0) is 18.1. The van der Waals surface area contributed by atoms with E-state index in [-0.39, 0.29) is 12.8 Å². The highest BCUT2D eigenvalue weighted by Gasteiger charge is 2.32. The van der Waals surface area contributed by atoms with E-state index >= 15 is 0 Å². The number of ether oxygens (including phenoxy) is 3. The van der Waals surface area contributed by atoms with E-state index in [1.807, 2.05) is 6.92 Å². The van der Waals surface area contributed by atoms with Crippen molar-refractivity contribution in [1.29, 1.82) is 0 Å². The standard InChI is InChI=1S/C17H28O7/c1-4-12(16(20)22-3)10-13(9-11(2)15(18)19)17(21)24-14-7-5-6-8-23-14/h11-14H,4-10H2,1-3H3,(H,18,19). The highest BCUT2D eigenvalue weighted by molar-refractivity contribution is 5.77. The molecule has 0 aromatic carbocycles. The summed E-state index contributed by atoms with van der Waals surface area (Å²) in [5.41, 5.74) is 0. The Balaban J connectivity index is 2.76. The van der Waals surface area contributed by atoms with Crippen LogP contribution in [0, 0.1) is 17.8 Å². The zero-order valence-electron chi connectivity index (χ0n) is 14.7. The number of esters is 2. The first-order valence-electron chi connectivity index (χ1n) is 8.51. The van der Waals surface area contributed by atoms with Crippen LogP contribution in [0.15, 0.2) is 0 Å². The molecule has 1 rings (SSSR count). The lowest BCUT2D eigenvalue weighted by molar-refractivity contribution is -0.192. The topological polar surface area (TPSA) is 99.1 Å². The molecule has 0 bridgehead atoms. The molecule has 1 fully saturated rings. The van der Waals surface area contributed by atoms with Gasteiger partial charge in [0.15, 0.2) is 0 Å². The Bertz CT molecular complexity index is 429. The van der Waals surface area contributed by atoms with Crippen LogP contribution in [0.25, 0.3) is 0 Å². The van der Waals surface area contributed by atoms with E-state index in [0.717, 1.165) is 12.8 Å². The first kappa shape index (κ1) is 20.4. The van der Waals surface area contributed by atoms with E-state index in [1.165, 1.54) is 7.11 Å². The van der Waals surface area contributed by atoms with Crippen LogP contribution < -0.4 is 0 Å². The first-order valence-corrected chi connectivity index (χ1v) is 8.51. The Morgan fingerprint density at radius 1 is 1.17 bits per heavy atom. The van der Waals surface area contributed by atoms with E-state index in [9.17, 15) is 14.4 Å². The van der Waals surface area contributed by atoms with E-state index in [4.69, 9.17) is 19.3 Å². The maximum absolute atomic E-state index is 12.5. The molecule has 0 aromatic heterocycles. The number of rotatable bonds is 9. The summed E-state index contributed by atoms with van der Waals surface area (Å²) < 4.78 is 15.5. The van der Waals surface area contributed by atoms with Crippen molar-refractivity contribution in [2.24, 2.45) is 17.8 Å². The van der Waals surface area contributed by atoms with Gasteiger partial charge in [-0.1, -0.05) is 13.8 Å². The Kier molecular flexibility index (Phi) is 8.74. The summed E-state index contributed by atoms with van der Waals surface area (Å²) in [7, 11) is 1.30. The van der Waals surface area contributed by atoms with Crippen LogP contribution in [-0.2, 0) is 28.6 Å². The van der Waals surface area contributed by atoms with Crippen LogP contribution in [0.4, 0.5) is 0 Å². The summed E-state index contributed by atoms with van der Waals surface area (Å²) in [6.45, 7) is 3.92. The van der Waals surface area contributed by atoms with Crippen LogP contribution >= 0.6 is 0 Å². The predicted molar refractivity (Wildman–Crippen MR) is 85.0 cm³/mol. The van der Waals surface area contributed by atoms with Gasteiger partial charge in [0, 0.05) is 6.42 Å². The third kappa shape index (κ3) is 6.47. The Labute approximate surface area is 142 Å². The molecule has 1 N–H and O–H groups in total. The van der Waals surface area contributed by atoms with Crippen LogP contribution in [0.1, 0.15) is 52.4 Å². The number of hydrogen-bond donors (Lipinski definition) is 1. The monoisotopic (exact) mass is 344 g/mol. The predicted octanol–water partition coefficient (Wildman–Crippen LogP) is 2.37. The molecule has 1 saturated heterocycles. The number of aliphatic carboxylic acids is 1. The van der Waals surface area contributed by atoms with Gasteiger partial charge in [-0.25, -0.2) is 0 Å². The summed E-state index contributed by atoms with van der Waals surface area (Å²) >= 11 is 0. The van der Waals surface area contributed by atoms with Gasteiger partial charge in [-0.05, 0) is 32.1 Å². The minimum atomic E-state index is -0.979. The average molecular weight is 344 g/mol. The van der Waals surface area contributed by atoms with E-state index in [1.54, 1.807) is 6.92 Å².